The van der Waals surface area contributed by atoms with Gasteiger partial charge in [0.05, 0.1) is 12.7 Å². The van der Waals surface area contributed by atoms with Crippen LogP contribution in [0.1, 0.15) is 25.7 Å². The Morgan fingerprint density at radius 1 is 1.43 bits per heavy atom. The number of rotatable bonds is 5. The second kappa shape index (κ2) is 5.64. The standard InChI is InChI=1S/C16H20FNO3/c17-12-4-1-2-5-13(12)21-9-3-6-15(20)18-10-14(19)16(11-18)7-8-16/h1-2,4-5,14,19H,3,6-11H2. The third-order valence-electron chi connectivity index (χ3n) is 4.48. The van der Waals surface area contributed by atoms with Crippen LogP contribution < -0.4 is 4.74 Å². The summed E-state index contributed by atoms with van der Waals surface area (Å²) in [4.78, 5) is 13.8. The SMILES string of the molecule is O=C(CCCOc1ccccc1F)N1CC(O)C2(CC2)C1. The number of hydrogen-bond donors (Lipinski definition) is 1. The number of carbonyl (C=O) groups excluding carboxylic acids is 1. The van der Waals surface area contributed by atoms with Crippen molar-refractivity contribution in [1.82, 2.24) is 4.90 Å². The van der Waals surface area contributed by atoms with Crippen molar-refractivity contribution in [3.63, 3.8) is 0 Å². The van der Waals surface area contributed by atoms with Gasteiger partial charge in [-0.05, 0) is 31.4 Å². The molecule has 21 heavy (non-hydrogen) atoms. The first-order valence-electron chi connectivity index (χ1n) is 7.44. The molecule has 2 aliphatic rings. The van der Waals surface area contributed by atoms with Crippen LogP contribution in [0.25, 0.3) is 0 Å². The summed E-state index contributed by atoms with van der Waals surface area (Å²) in [6, 6.07) is 6.24. The molecule has 1 atom stereocenters. The van der Waals surface area contributed by atoms with Crippen LogP contribution in [-0.4, -0.2) is 41.7 Å². The van der Waals surface area contributed by atoms with Crippen LogP contribution in [0.5, 0.6) is 5.75 Å². The van der Waals surface area contributed by atoms with Crippen LogP contribution in [0.2, 0.25) is 0 Å². The van der Waals surface area contributed by atoms with Crippen LogP contribution in [0.15, 0.2) is 24.3 Å². The molecule has 0 aromatic heterocycles. The molecule has 1 amide bonds. The Bertz CT molecular complexity index is 530. The van der Waals surface area contributed by atoms with Crippen LogP contribution >= 0.6 is 0 Å². The monoisotopic (exact) mass is 293 g/mol. The molecule has 0 radical (unpaired) electrons. The predicted octanol–water partition coefficient (Wildman–Crippen LogP) is 1.97. The van der Waals surface area contributed by atoms with Crippen molar-refractivity contribution in [2.75, 3.05) is 19.7 Å². The maximum atomic E-state index is 13.3. The molecule has 4 nitrogen and oxygen atoms in total. The number of halogens is 1. The molecule has 1 saturated carbocycles. The molecule has 5 heteroatoms. The van der Waals surface area contributed by atoms with Gasteiger partial charge in [0.2, 0.25) is 5.91 Å². The minimum Gasteiger partial charge on any atom is -0.491 e. The Kier molecular flexibility index (Phi) is 3.85. The van der Waals surface area contributed by atoms with Gasteiger partial charge >= 0.3 is 0 Å². The number of benzene rings is 1. The second-order valence-corrected chi connectivity index (χ2v) is 6.03. The zero-order valence-corrected chi connectivity index (χ0v) is 11.9. The summed E-state index contributed by atoms with van der Waals surface area (Å²) in [7, 11) is 0. The molecule has 1 aromatic rings. The minimum absolute atomic E-state index is 0.000667. The van der Waals surface area contributed by atoms with Gasteiger partial charge in [-0.25, -0.2) is 4.39 Å². The van der Waals surface area contributed by atoms with Gasteiger partial charge in [-0.15, -0.1) is 0 Å². The lowest BCUT2D eigenvalue weighted by atomic mass is 10.0. The number of aliphatic hydroxyl groups excluding tert-OH is 1. The van der Waals surface area contributed by atoms with E-state index < -0.39 is 0 Å². The summed E-state index contributed by atoms with van der Waals surface area (Å²) in [5.41, 5.74) is -0.000667. The lowest BCUT2D eigenvalue weighted by Gasteiger charge is -2.16. The number of para-hydroxylation sites is 1. The molecule has 1 aliphatic carbocycles. The molecule has 3 rings (SSSR count). The van der Waals surface area contributed by atoms with Crippen LogP contribution in [0, 0.1) is 11.2 Å². The average Bonchev–Trinajstić information content (AvgIpc) is 3.17. The molecular formula is C16H20FNO3. The lowest BCUT2D eigenvalue weighted by molar-refractivity contribution is -0.130. The van der Waals surface area contributed by atoms with Gasteiger partial charge in [0, 0.05) is 24.9 Å². The zero-order valence-electron chi connectivity index (χ0n) is 11.9. The maximum Gasteiger partial charge on any atom is 0.222 e. The third-order valence-corrected chi connectivity index (χ3v) is 4.48. The van der Waals surface area contributed by atoms with Gasteiger partial charge in [-0.2, -0.15) is 0 Å². The zero-order chi connectivity index (χ0) is 14.9. The van der Waals surface area contributed by atoms with E-state index in [9.17, 15) is 14.3 Å². The molecule has 1 saturated heterocycles. The number of ether oxygens (including phenoxy) is 1. The Balaban J connectivity index is 1.40. The van der Waals surface area contributed by atoms with Crippen LogP contribution in [0.4, 0.5) is 4.39 Å². The Morgan fingerprint density at radius 2 is 2.19 bits per heavy atom. The van der Waals surface area contributed by atoms with E-state index in [-0.39, 0.29) is 29.0 Å². The van der Waals surface area contributed by atoms with Gasteiger partial charge in [0.15, 0.2) is 11.6 Å². The van der Waals surface area contributed by atoms with E-state index in [1.807, 2.05) is 0 Å². The van der Waals surface area contributed by atoms with Crippen molar-refractivity contribution in [1.29, 1.82) is 0 Å². The fourth-order valence-corrected chi connectivity index (χ4v) is 2.92. The molecule has 1 spiro atoms. The molecule has 1 aromatic carbocycles. The quantitative estimate of drug-likeness (QED) is 0.844. The summed E-state index contributed by atoms with van der Waals surface area (Å²) in [6.45, 7) is 1.45. The Morgan fingerprint density at radius 3 is 2.86 bits per heavy atom. The summed E-state index contributed by atoms with van der Waals surface area (Å²) in [6.07, 6.45) is 2.60. The van der Waals surface area contributed by atoms with E-state index in [1.165, 1.54) is 6.07 Å². The molecule has 114 valence electrons. The van der Waals surface area contributed by atoms with E-state index in [0.29, 0.717) is 32.5 Å². The van der Waals surface area contributed by atoms with E-state index in [2.05, 4.69) is 0 Å². The van der Waals surface area contributed by atoms with Crippen LogP contribution in [0.3, 0.4) is 0 Å². The van der Waals surface area contributed by atoms with Crippen molar-refractivity contribution in [2.45, 2.75) is 31.8 Å². The number of carbonyl (C=O) groups is 1. The van der Waals surface area contributed by atoms with E-state index >= 15 is 0 Å². The van der Waals surface area contributed by atoms with E-state index in [4.69, 9.17) is 4.74 Å². The highest BCUT2D eigenvalue weighted by atomic mass is 19.1. The third kappa shape index (κ3) is 3.02. The fourth-order valence-electron chi connectivity index (χ4n) is 2.92. The molecular weight excluding hydrogens is 273 g/mol. The molecule has 1 heterocycles. The normalized spacial score (nSPS) is 22.6. The summed E-state index contributed by atoms with van der Waals surface area (Å²) in [5.74, 6) is -0.115. The van der Waals surface area contributed by atoms with Crippen molar-refractivity contribution in [3.05, 3.63) is 30.1 Å². The van der Waals surface area contributed by atoms with Crippen molar-refractivity contribution >= 4 is 5.91 Å². The molecule has 0 bridgehead atoms. The molecule has 1 aliphatic heterocycles. The highest BCUT2D eigenvalue weighted by molar-refractivity contribution is 5.76. The van der Waals surface area contributed by atoms with Crippen molar-refractivity contribution in [3.8, 4) is 5.75 Å². The summed E-state index contributed by atoms with van der Waals surface area (Å²) < 4.78 is 18.7. The maximum absolute atomic E-state index is 13.3. The van der Waals surface area contributed by atoms with Gasteiger partial charge in [-0.1, -0.05) is 12.1 Å². The largest absolute Gasteiger partial charge is 0.491 e. The lowest BCUT2D eigenvalue weighted by Crippen LogP contribution is -2.29. The summed E-state index contributed by atoms with van der Waals surface area (Å²) in [5, 5.41) is 9.93. The number of hydrogen-bond acceptors (Lipinski definition) is 3. The first-order chi connectivity index (χ1) is 10.1. The molecule has 1 unspecified atom stereocenters. The van der Waals surface area contributed by atoms with E-state index in [0.717, 1.165) is 12.8 Å². The molecule has 1 N–H and O–H groups in total. The van der Waals surface area contributed by atoms with Gasteiger partial charge < -0.3 is 14.7 Å². The van der Waals surface area contributed by atoms with Gasteiger partial charge in [-0.3, -0.25) is 4.79 Å². The second-order valence-electron chi connectivity index (χ2n) is 6.03. The highest BCUT2D eigenvalue weighted by Gasteiger charge is 2.55. The first-order valence-corrected chi connectivity index (χ1v) is 7.44. The average molecular weight is 293 g/mol. The summed E-state index contributed by atoms with van der Waals surface area (Å²) >= 11 is 0. The number of nitrogens with zero attached hydrogens (tertiary/aromatic N) is 1. The molecule has 2 fully saturated rings. The highest BCUT2D eigenvalue weighted by Crippen LogP contribution is 2.52. The van der Waals surface area contributed by atoms with Gasteiger partial charge in [0.1, 0.15) is 0 Å². The fraction of sp³-hybridized carbons (Fsp3) is 0.562. The first kappa shape index (κ1) is 14.3. The predicted molar refractivity (Wildman–Crippen MR) is 75.4 cm³/mol. The number of aliphatic hydroxyl groups is 1. The minimum atomic E-state index is -0.387. The Labute approximate surface area is 123 Å². The number of likely N-dealkylation sites (tertiary alicyclic amines) is 1. The van der Waals surface area contributed by atoms with E-state index in [1.54, 1.807) is 23.1 Å². The number of amides is 1. The Hall–Kier alpha value is -1.62. The van der Waals surface area contributed by atoms with Gasteiger partial charge in [0.25, 0.3) is 0 Å². The topological polar surface area (TPSA) is 49.8 Å². The number of β-amino-alcohol motifs (C(OH)–C–C–N with tert-alkyl or cyclic N) is 1. The van der Waals surface area contributed by atoms with Crippen LogP contribution in [-0.2, 0) is 4.79 Å². The smallest absolute Gasteiger partial charge is 0.222 e. The van der Waals surface area contributed by atoms with Crippen molar-refractivity contribution in [2.24, 2.45) is 5.41 Å². The van der Waals surface area contributed by atoms with Crippen molar-refractivity contribution < 1.29 is 19.0 Å².